The van der Waals surface area contributed by atoms with Gasteiger partial charge in [0.15, 0.2) is 15.6 Å². The molecule has 2 aliphatic rings. The molecule has 1 aliphatic heterocycles. The molecule has 1 saturated carbocycles. The summed E-state index contributed by atoms with van der Waals surface area (Å²) in [6.45, 7) is 0. The standard InChI is InChI=1S/C14H16N2O4S/c1-21(19,20)10-4-2-3-8(5-10)12(17)14-7-9(14)6-11(16-14)13(15)18/h2-5,9,11,16H,6-7H2,1H3,(H2,15,18). The fourth-order valence-electron chi connectivity index (χ4n) is 3.10. The van der Waals surface area contributed by atoms with Crippen LogP contribution in [0.25, 0.3) is 0 Å². The molecule has 6 nitrogen and oxygen atoms in total. The van der Waals surface area contributed by atoms with Gasteiger partial charge in [0.2, 0.25) is 5.91 Å². The second-order valence-corrected chi connectivity index (χ2v) is 7.85. The number of rotatable bonds is 4. The Labute approximate surface area is 122 Å². The molecule has 1 aromatic carbocycles. The first-order valence-corrected chi connectivity index (χ1v) is 8.55. The number of hydrogen-bond donors (Lipinski definition) is 2. The van der Waals surface area contributed by atoms with E-state index in [0.29, 0.717) is 18.4 Å². The molecule has 0 bridgehead atoms. The molecule has 21 heavy (non-hydrogen) atoms. The molecular weight excluding hydrogens is 292 g/mol. The second-order valence-electron chi connectivity index (χ2n) is 5.84. The monoisotopic (exact) mass is 308 g/mol. The topological polar surface area (TPSA) is 106 Å². The molecule has 0 radical (unpaired) electrons. The highest BCUT2D eigenvalue weighted by Crippen LogP contribution is 2.53. The predicted molar refractivity (Wildman–Crippen MR) is 75.5 cm³/mol. The van der Waals surface area contributed by atoms with Gasteiger partial charge in [0.1, 0.15) is 0 Å². The number of amides is 1. The smallest absolute Gasteiger partial charge is 0.234 e. The lowest BCUT2D eigenvalue weighted by Gasteiger charge is -2.16. The van der Waals surface area contributed by atoms with Gasteiger partial charge in [0.25, 0.3) is 0 Å². The molecule has 2 fully saturated rings. The highest BCUT2D eigenvalue weighted by atomic mass is 32.2. The molecule has 3 atom stereocenters. The lowest BCUT2D eigenvalue weighted by Crippen LogP contribution is -2.47. The van der Waals surface area contributed by atoms with Gasteiger partial charge in [-0.15, -0.1) is 0 Å². The van der Waals surface area contributed by atoms with Gasteiger partial charge in [0, 0.05) is 11.8 Å². The number of nitrogens with two attached hydrogens (primary N) is 1. The fraction of sp³-hybridized carbons (Fsp3) is 0.429. The highest BCUT2D eigenvalue weighted by Gasteiger charge is 2.65. The van der Waals surface area contributed by atoms with Gasteiger partial charge in [0.05, 0.1) is 16.5 Å². The molecule has 1 amide bonds. The lowest BCUT2D eigenvalue weighted by atomic mass is 10.0. The van der Waals surface area contributed by atoms with Crippen LogP contribution in [0.4, 0.5) is 0 Å². The minimum absolute atomic E-state index is 0.101. The molecule has 7 heteroatoms. The third-order valence-corrected chi connectivity index (χ3v) is 5.44. The van der Waals surface area contributed by atoms with E-state index in [1.807, 2.05) is 0 Å². The average Bonchev–Trinajstić information content (AvgIpc) is 2.99. The number of ketones is 1. The number of sulfone groups is 1. The van der Waals surface area contributed by atoms with Crippen molar-refractivity contribution in [3.63, 3.8) is 0 Å². The summed E-state index contributed by atoms with van der Waals surface area (Å²) >= 11 is 0. The Bertz CT molecular complexity index is 743. The quantitative estimate of drug-likeness (QED) is 0.754. The summed E-state index contributed by atoms with van der Waals surface area (Å²) in [7, 11) is -3.36. The number of benzene rings is 1. The third-order valence-electron chi connectivity index (χ3n) is 4.33. The summed E-state index contributed by atoms with van der Waals surface area (Å²) in [4.78, 5) is 24.0. The first-order valence-electron chi connectivity index (χ1n) is 6.66. The number of carbonyl (C=O) groups is 2. The van der Waals surface area contributed by atoms with Crippen molar-refractivity contribution < 1.29 is 18.0 Å². The van der Waals surface area contributed by atoms with E-state index >= 15 is 0 Å². The van der Waals surface area contributed by atoms with E-state index in [1.54, 1.807) is 12.1 Å². The van der Waals surface area contributed by atoms with Crippen LogP contribution in [-0.2, 0) is 14.6 Å². The molecule has 3 rings (SSSR count). The summed E-state index contributed by atoms with van der Waals surface area (Å²) in [5.74, 6) is -0.523. The molecule has 1 heterocycles. The van der Waals surface area contributed by atoms with Crippen molar-refractivity contribution in [2.75, 3.05) is 6.26 Å². The van der Waals surface area contributed by atoms with Crippen molar-refractivity contribution in [2.45, 2.75) is 29.3 Å². The van der Waals surface area contributed by atoms with Crippen molar-refractivity contribution in [2.24, 2.45) is 11.7 Å². The van der Waals surface area contributed by atoms with E-state index in [4.69, 9.17) is 5.73 Å². The second kappa shape index (κ2) is 4.38. The van der Waals surface area contributed by atoms with Gasteiger partial charge in [-0.05, 0) is 30.9 Å². The molecule has 112 valence electrons. The number of primary amides is 1. The maximum absolute atomic E-state index is 12.6. The Hall–Kier alpha value is -1.73. The van der Waals surface area contributed by atoms with Crippen molar-refractivity contribution in [1.29, 1.82) is 0 Å². The molecule has 1 aromatic rings. The molecule has 1 saturated heterocycles. The van der Waals surface area contributed by atoms with Crippen LogP contribution in [0.5, 0.6) is 0 Å². The Morgan fingerprint density at radius 3 is 2.67 bits per heavy atom. The van der Waals surface area contributed by atoms with Gasteiger partial charge in [-0.2, -0.15) is 0 Å². The maximum Gasteiger partial charge on any atom is 0.234 e. The van der Waals surface area contributed by atoms with E-state index in [9.17, 15) is 18.0 Å². The summed E-state index contributed by atoms with van der Waals surface area (Å²) in [5.41, 5.74) is 4.87. The summed E-state index contributed by atoms with van der Waals surface area (Å²) < 4.78 is 23.1. The normalized spacial score (nSPS) is 30.7. The minimum atomic E-state index is -3.36. The van der Waals surface area contributed by atoms with Gasteiger partial charge >= 0.3 is 0 Å². The van der Waals surface area contributed by atoms with E-state index < -0.39 is 27.3 Å². The van der Waals surface area contributed by atoms with Crippen molar-refractivity contribution in [3.8, 4) is 0 Å². The zero-order valence-corrected chi connectivity index (χ0v) is 12.3. The maximum atomic E-state index is 12.6. The Morgan fingerprint density at radius 2 is 2.10 bits per heavy atom. The van der Waals surface area contributed by atoms with Crippen LogP contribution in [0.1, 0.15) is 23.2 Å². The minimum Gasteiger partial charge on any atom is -0.368 e. The van der Waals surface area contributed by atoms with Crippen molar-refractivity contribution in [3.05, 3.63) is 29.8 Å². The molecule has 0 aromatic heterocycles. The number of Topliss-reactive ketones (excluding diaryl/α,β-unsaturated/α-hetero) is 1. The van der Waals surface area contributed by atoms with Gasteiger partial charge in [-0.25, -0.2) is 8.42 Å². The highest BCUT2D eigenvalue weighted by molar-refractivity contribution is 7.90. The average molecular weight is 308 g/mol. The number of piperidine rings is 1. The first kappa shape index (κ1) is 14.2. The summed E-state index contributed by atoms with van der Waals surface area (Å²) in [6, 6.07) is 5.52. The SMILES string of the molecule is CS(=O)(=O)c1cccc(C(=O)C23CC2CC(C(N)=O)N3)c1. The zero-order chi connectivity index (χ0) is 15.4. The van der Waals surface area contributed by atoms with E-state index in [2.05, 4.69) is 5.32 Å². The van der Waals surface area contributed by atoms with E-state index in [1.165, 1.54) is 12.1 Å². The Morgan fingerprint density at radius 1 is 1.38 bits per heavy atom. The van der Waals surface area contributed by atoms with Crippen LogP contribution in [0, 0.1) is 5.92 Å². The van der Waals surface area contributed by atoms with Crippen LogP contribution in [0.15, 0.2) is 29.2 Å². The number of fused-ring (bicyclic) bond motifs is 1. The molecule has 1 aliphatic carbocycles. The number of hydrogen-bond acceptors (Lipinski definition) is 5. The lowest BCUT2D eigenvalue weighted by molar-refractivity contribution is -0.119. The molecule has 0 spiro atoms. The summed E-state index contributed by atoms with van der Waals surface area (Å²) in [6.07, 6.45) is 2.33. The van der Waals surface area contributed by atoms with Crippen LogP contribution in [0.3, 0.4) is 0 Å². The van der Waals surface area contributed by atoms with Crippen LogP contribution in [-0.4, -0.2) is 37.9 Å². The zero-order valence-electron chi connectivity index (χ0n) is 11.5. The van der Waals surface area contributed by atoms with Crippen LogP contribution < -0.4 is 11.1 Å². The Balaban J connectivity index is 1.89. The largest absolute Gasteiger partial charge is 0.368 e. The van der Waals surface area contributed by atoms with E-state index in [-0.39, 0.29) is 16.6 Å². The van der Waals surface area contributed by atoms with Crippen molar-refractivity contribution >= 4 is 21.5 Å². The van der Waals surface area contributed by atoms with Crippen LogP contribution in [0.2, 0.25) is 0 Å². The summed E-state index contributed by atoms with van der Waals surface area (Å²) in [5, 5.41) is 3.02. The van der Waals surface area contributed by atoms with Crippen LogP contribution >= 0.6 is 0 Å². The van der Waals surface area contributed by atoms with E-state index in [0.717, 1.165) is 6.26 Å². The fourth-order valence-corrected chi connectivity index (χ4v) is 3.77. The molecule has 3 N–H and O–H groups in total. The third kappa shape index (κ3) is 2.26. The molecule has 3 unspecified atom stereocenters. The van der Waals surface area contributed by atoms with Crippen molar-refractivity contribution in [1.82, 2.24) is 5.32 Å². The predicted octanol–water partition coefficient (Wildman–Crippen LogP) is -0.121. The Kier molecular flexibility index (Phi) is 2.97. The first-order chi connectivity index (χ1) is 9.74. The number of nitrogens with one attached hydrogen (secondary N) is 1. The molecular formula is C14H16N2O4S. The van der Waals surface area contributed by atoms with Gasteiger partial charge in [-0.1, -0.05) is 12.1 Å². The van der Waals surface area contributed by atoms with Gasteiger partial charge < -0.3 is 5.73 Å². The van der Waals surface area contributed by atoms with Gasteiger partial charge in [-0.3, -0.25) is 14.9 Å². The number of carbonyl (C=O) groups excluding carboxylic acids is 2.